The summed E-state index contributed by atoms with van der Waals surface area (Å²) in [5, 5.41) is 12.4. The van der Waals surface area contributed by atoms with Crippen molar-refractivity contribution in [3.63, 3.8) is 0 Å². The SMILES string of the molecule is C=CCOC(=O)NCc1ccccc1-c1ccc([C@H]2O[C@@H](CN3CCC[C@H]3C(=O)OC(C)(C)C)[C@@H](C)[C@@H](c3ccc(CO)cc3)O2)cc1. The van der Waals surface area contributed by atoms with Gasteiger partial charge in [-0.05, 0) is 68.0 Å². The number of rotatable bonds is 11. The molecule has 3 aromatic carbocycles. The van der Waals surface area contributed by atoms with Gasteiger partial charge in [-0.2, -0.15) is 0 Å². The summed E-state index contributed by atoms with van der Waals surface area (Å²) in [5.41, 5.74) is 5.11. The maximum atomic E-state index is 13.1. The van der Waals surface area contributed by atoms with E-state index in [-0.39, 0.29) is 43.4 Å². The van der Waals surface area contributed by atoms with Crippen molar-refractivity contribution in [2.45, 2.75) is 83.8 Å². The van der Waals surface area contributed by atoms with Crippen molar-refractivity contribution in [2.75, 3.05) is 19.7 Å². The Labute approximate surface area is 283 Å². The first kappa shape index (κ1) is 35.3. The zero-order chi connectivity index (χ0) is 34.3. The van der Waals surface area contributed by atoms with Gasteiger partial charge in [-0.15, -0.1) is 0 Å². The number of hydrogen-bond acceptors (Lipinski definition) is 8. The van der Waals surface area contributed by atoms with E-state index in [0.29, 0.717) is 13.1 Å². The molecule has 2 aliphatic rings. The quantitative estimate of drug-likeness (QED) is 0.170. The summed E-state index contributed by atoms with van der Waals surface area (Å²) in [7, 11) is 0. The second-order valence-electron chi connectivity index (χ2n) is 13.5. The fraction of sp³-hybridized carbons (Fsp3) is 0.436. The molecule has 5 rings (SSSR count). The van der Waals surface area contributed by atoms with Crippen LogP contribution in [-0.4, -0.2) is 59.5 Å². The first-order valence-corrected chi connectivity index (χ1v) is 16.7. The van der Waals surface area contributed by atoms with Crippen LogP contribution in [0, 0.1) is 5.92 Å². The van der Waals surface area contributed by atoms with Crippen LogP contribution < -0.4 is 5.32 Å². The first-order valence-electron chi connectivity index (χ1n) is 16.7. The Morgan fingerprint density at radius 2 is 1.73 bits per heavy atom. The number of likely N-dealkylation sites (tertiary alicyclic amines) is 1. The molecule has 0 saturated carbocycles. The van der Waals surface area contributed by atoms with E-state index in [9.17, 15) is 14.7 Å². The summed E-state index contributed by atoms with van der Waals surface area (Å²) in [6, 6.07) is 23.6. The summed E-state index contributed by atoms with van der Waals surface area (Å²) in [4.78, 5) is 27.4. The molecule has 0 spiro atoms. The predicted molar refractivity (Wildman–Crippen MR) is 184 cm³/mol. The second-order valence-corrected chi connectivity index (χ2v) is 13.5. The third-order valence-electron chi connectivity index (χ3n) is 8.85. The summed E-state index contributed by atoms with van der Waals surface area (Å²) in [6.07, 6.45) is 1.59. The number of aliphatic hydroxyl groups excluding tert-OH is 1. The number of amides is 1. The molecule has 2 aliphatic heterocycles. The van der Waals surface area contributed by atoms with Gasteiger partial charge in [0, 0.05) is 24.6 Å². The van der Waals surface area contributed by atoms with Crippen LogP contribution in [-0.2, 0) is 36.9 Å². The molecular weight excluding hydrogens is 608 g/mol. The number of aliphatic hydroxyl groups is 1. The highest BCUT2D eigenvalue weighted by molar-refractivity contribution is 5.76. The number of ether oxygens (including phenoxy) is 4. The summed E-state index contributed by atoms with van der Waals surface area (Å²) >= 11 is 0. The lowest BCUT2D eigenvalue weighted by molar-refractivity contribution is -0.276. The zero-order valence-electron chi connectivity index (χ0n) is 28.4. The molecule has 5 atom stereocenters. The molecule has 0 bridgehead atoms. The summed E-state index contributed by atoms with van der Waals surface area (Å²) in [5.74, 6) is -0.204. The van der Waals surface area contributed by atoms with E-state index in [2.05, 4.69) is 23.7 Å². The number of benzene rings is 3. The van der Waals surface area contributed by atoms with Crippen molar-refractivity contribution in [3.05, 3.63) is 108 Å². The second kappa shape index (κ2) is 15.9. The zero-order valence-corrected chi connectivity index (χ0v) is 28.4. The van der Waals surface area contributed by atoms with Gasteiger partial charge in [-0.25, -0.2) is 4.79 Å². The minimum Gasteiger partial charge on any atom is -0.459 e. The van der Waals surface area contributed by atoms with Gasteiger partial charge in [0.15, 0.2) is 6.29 Å². The smallest absolute Gasteiger partial charge is 0.407 e. The van der Waals surface area contributed by atoms with Gasteiger partial charge in [0.05, 0.1) is 18.8 Å². The molecule has 0 radical (unpaired) electrons. The van der Waals surface area contributed by atoms with Crippen molar-refractivity contribution in [1.29, 1.82) is 0 Å². The molecule has 2 fully saturated rings. The number of alkyl carbamates (subject to hydrolysis) is 1. The lowest BCUT2D eigenvalue weighted by Crippen LogP contribution is -2.48. The minimum absolute atomic E-state index is 0.0158. The van der Waals surface area contributed by atoms with E-state index in [0.717, 1.165) is 52.8 Å². The minimum atomic E-state index is -0.637. The lowest BCUT2D eigenvalue weighted by Gasteiger charge is -2.43. The van der Waals surface area contributed by atoms with Crippen molar-refractivity contribution < 1.29 is 33.6 Å². The first-order chi connectivity index (χ1) is 23.1. The Bertz CT molecular complexity index is 1530. The molecule has 9 nitrogen and oxygen atoms in total. The van der Waals surface area contributed by atoms with Crippen molar-refractivity contribution in [2.24, 2.45) is 5.92 Å². The van der Waals surface area contributed by atoms with Gasteiger partial charge in [0.25, 0.3) is 0 Å². The highest BCUT2D eigenvalue weighted by atomic mass is 16.7. The van der Waals surface area contributed by atoms with Gasteiger partial charge in [-0.3, -0.25) is 9.69 Å². The highest BCUT2D eigenvalue weighted by Crippen LogP contribution is 2.42. The topological polar surface area (TPSA) is 107 Å². The van der Waals surface area contributed by atoms with Crippen LogP contribution in [0.4, 0.5) is 4.79 Å². The average Bonchev–Trinajstić information content (AvgIpc) is 3.55. The van der Waals surface area contributed by atoms with Crippen molar-refractivity contribution in [1.82, 2.24) is 10.2 Å². The Morgan fingerprint density at radius 1 is 1.02 bits per heavy atom. The van der Waals surface area contributed by atoms with Crippen LogP contribution >= 0.6 is 0 Å². The van der Waals surface area contributed by atoms with E-state index < -0.39 is 18.0 Å². The van der Waals surface area contributed by atoms with Crippen molar-refractivity contribution >= 4 is 12.1 Å². The third-order valence-corrected chi connectivity index (χ3v) is 8.85. The maximum absolute atomic E-state index is 13.1. The molecule has 0 unspecified atom stereocenters. The monoisotopic (exact) mass is 656 g/mol. The van der Waals surface area contributed by atoms with E-state index in [1.54, 1.807) is 0 Å². The molecule has 9 heteroatoms. The van der Waals surface area contributed by atoms with Gasteiger partial charge in [-0.1, -0.05) is 92.4 Å². The Hall–Kier alpha value is -4.02. The predicted octanol–water partition coefficient (Wildman–Crippen LogP) is 6.86. The summed E-state index contributed by atoms with van der Waals surface area (Å²) in [6.45, 7) is 13.2. The Balaban J connectivity index is 1.37. The van der Waals surface area contributed by atoms with Crippen LogP contribution in [0.2, 0.25) is 0 Å². The lowest BCUT2D eigenvalue weighted by atomic mass is 9.89. The van der Waals surface area contributed by atoms with E-state index in [1.165, 1.54) is 6.08 Å². The number of carbonyl (C=O) groups is 2. The standard InChI is InChI=1S/C39H48N2O7/c1-6-22-45-38(44)40-23-31-10-7-8-11-32(31)28-17-19-30(20-18-28)37-46-34(24-41-21-9-12-33(41)36(43)48-39(3,4)5)26(2)35(47-37)29-15-13-27(25-42)14-16-29/h6-8,10-11,13-20,26,33-35,37,42H,1,9,12,21-25H2,2-5H3,(H,40,44)/t26-,33+,34+,35+,37+/m1/s1. The molecule has 256 valence electrons. The number of nitrogens with zero attached hydrogens (tertiary/aromatic N) is 1. The van der Waals surface area contributed by atoms with Gasteiger partial charge < -0.3 is 29.4 Å². The van der Waals surface area contributed by atoms with Crippen LogP contribution in [0.1, 0.15) is 75.2 Å². The number of esters is 1. The largest absolute Gasteiger partial charge is 0.459 e. The van der Waals surface area contributed by atoms with E-state index >= 15 is 0 Å². The Morgan fingerprint density at radius 3 is 2.42 bits per heavy atom. The summed E-state index contributed by atoms with van der Waals surface area (Å²) < 4.78 is 24.2. The number of carbonyl (C=O) groups excluding carboxylic acids is 2. The van der Waals surface area contributed by atoms with Gasteiger partial charge >= 0.3 is 12.1 Å². The molecule has 2 saturated heterocycles. The normalized spacial score (nSPS) is 23.0. The third kappa shape index (κ3) is 8.90. The van der Waals surface area contributed by atoms with E-state index in [4.69, 9.17) is 18.9 Å². The fourth-order valence-corrected chi connectivity index (χ4v) is 6.37. The van der Waals surface area contributed by atoms with E-state index in [1.807, 2.05) is 93.6 Å². The molecule has 2 heterocycles. The molecule has 3 aromatic rings. The number of nitrogens with one attached hydrogen (secondary N) is 1. The Kier molecular flexibility index (Phi) is 11.7. The molecule has 0 aromatic heterocycles. The number of hydrogen-bond donors (Lipinski definition) is 2. The van der Waals surface area contributed by atoms with Crippen LogP contribution in [0.3, 0.4) is 0 Å². The molecule has 48 heavy (non-hydrogen) atoms. The van der Waals surface area contributed by atoms with Gasteiger partial charge in [0.2, 0.25) is 0 Å². The molecular formula is C39H48N2O7. The molecule has 0 aliphatic carbocycles. The van der Waals surface area contributed by atoms with Crippen LogP contribution in [0.5, 0.6) is 0 Å². The molecule has 2 N–H and O–H groups in total. The van der Waals surface area contributed by atoms with Gasteiger partial charge in [0.1, 0.15) is 18.2 Å². The fourth-order valence-electron chi connectivity index (χ4n) is 6.37. The van der Waals surface area contributed by atoms with Crippen LogP contribution in [0.15, 0.2) is 85.5 Å². The molecule has 1 amide bonds. The highest BCUT2D eigenvalue weighted by Gasteiger charge is 2.42. The average molecular weight is 657 g/mol. The van der Waals surface area contributed by atoms with Crippen LogP contribution in [0.25, 0.3) is 11.1 Å². The maximum Gasteiger partial charge on any atom is 0.407 e. The van der Waals surface area contributed by atoms with Crippen molar-refractivity contribution in [3.8, 4) is 11.1 Å².